The number of aliphatic carboxylic acids is 1. The fraction of sp³-hybridized carbons (Fsp3) is 0.600. The Morgan fingerprint density at radius 2 is 1.94 bits per heavy atom. The Balaban J connectivity index is 1.86. The molecule has 2 bridgehead atoms. The lowest BCUT2D eigenvalue weighted by molar-refractivity contribution is -0.433. The van der Waals surface area contributed by atoms with Crippen LogP contribution in [0, 0.1) is 11.8 Å². The average molecular weight is 458 g/mol. The number of carboxylic acids is 1. The largest absolute Gasteiger partial charge is 0.480 e. The van der Waals surface area contributed by atoms with Crippen molar-refractivity contribution in [3.05, 3.63) is 29.8 Å². The number of hydrogen-bond acceptors (Lipinski definition) is 4. The third-order valence-corrected chi connectivity index (χ3v) is 6.53. The van der Waals surface area contributed by atoms with Crippen LogP contribution in [0.5, 0.6) is 0 Å². The number of carbonyl (C=O) groups is 3. The Kier molecular flexibility index (Phi) is 8.61. The van der Waals surface area contributed by atoms with E-state index in [0.717, 1.165) is 43.5 Å². The van der Waals surface area contributed by atoms with E-state index in [1.54, 1.807) is 0 Å². The van der Waals surface area contributed by atoms with E-state index in [4.69, 9.17) is 5.73 Å². The highest BCUT2D eigenvalue weighted by molar-refractivity contribution is 5.91. The van der Waals surface area contributed by atoms with Crippen LogP contribution in [0.15, 0.2) is 24.3 Å². The van der Waals surface area contributed by atoms with Crippen molar-refractivity contribution < 1.29 is 24.1 Å². The van der Waals surface area contributed by atoms with Crippen LogP contribution in [0.25, 0.3) is 0 Å². The summed E-state index contributed by atoms with van der Waals surface area (Å²) >= 11 is 0. The van der Waals surface area contributed by atoms with Gasteiger partial charge in [-0.25, -0.2) is 4.58 Å². The van der Waals surface area contributed by atoms with Crippen LogP contribution in [0.2, 0.25) is 0 Å². The van der Waals surface area contributed by atoms with Gasteiger partial charge >= 0.3 is 5.97 Å². The Morgan fingerprint density at radius 1 is 1.21 bits per heavy atom. The molecule has 2 heterocycles. The van der Waals surface area contributed by atoms with E-state index in [0.29, 0.717) is 19.4 Å². The van der Waals surface area contributed by atoms with Crippen molar-refractivity contribution in [3.8, 4) is 0 Å². The summed E-state index contributed by atoms with van der Waals surface area (Å²) in [7, 11) is 0. The standard InChI is InChI=1S/C25H36N4O4/c1-16(2)13-19(22(26)25(32)33)23(30)28-20-14-17-15-29(21-10-6-5-9-18(17)21)12-8-4-3-7-11-27-24(20)31/h5-6,9-10,15-17,19-20,22H,3-4,7-8,11-14,26H2,1-2H3,(H2-,27,28,30,31,32,33)/p+1/t17?,19-,20+,22?/m1/s1. The van der Waals surface area contributed by atoms with Crippen molar-refractivity contribution in [2.24, 2.45) is 17.6 Å². The summed E-state index contributed by atoms with van der Waals surface area (Å²) < 4.78 is 2.26. The predicted octanol–water partition coefficient (Wildman–Crippen LogP) is 2.14. The van der Waals surface area contributed by atoms with Gasteiger partial charge in [0.25, 0.3) is 0 Å². The highest BCUT2D eigenvalue weighted by atomic mass is 16.4. The summed E-state index contributed by atoms with van der Waals surface area (Å²) in [4.78, 5) is 37.8. The summed E-state index contributed by atoms with van der Waals surface area (Å²) in [5, 5.41) is 15.2. The van der Waals surface area contributed by atoms with Gasteiger partial charge in [-0.05, 0) is 31.6 Å². The van der Waals surface area contributed by atoms with Gasteiger partial charge in [-0.2, -0.15) is 0 Å². The average Bonchev–Trinajstić information content (AvgIpc) is 3.13. The van der Waals surface area contributed by atoms with Crippen molar-refractivity contribution in [2.45, 2.75) is 70.4 Å². The van der Waals surface area contributed by atoms with Gasteiger partial charge in [-0.1, -0.05) is 38.5 Å². The molecule has 4 atom stereocenters. The number of carbonyl (C=O) groups excluding carboxylic acids is 2. The van der Waals surface area contributed by atoms with Crippen molar-refractivity contribution >= 4 is 29.7 Å². The second-order valence-electron chi connectivity index (χ2n) is 9.61. The molecule has 2 amide bonds. The zero-order chi connectivity index (χ0) is 24.0. The van der Waals surface area contributed by atoms with E-state index in [2.05, 4.69) is 33.6 Å². The minimum Gasteiger partial charge on any atom is -0.480 e. The Morgan fingerprint density at radius 3 is 2.67 bits per heavy atom. The van der Waals surface area contributed by atoms with Crippen LogP contribution in [0.1, 0.15) is 63.9 Å². The molecule has 2 aliphatic rings. The SMILES string of the molecule is CC(C)C[C@@H](C(=O)N[C@H]1CC2C=[N+](CCCCCCNC1=O)c1ccccc12)C(N)C(=O)O. The van der Waals surface area contributed by atoms with Crippen molar-refractivity contribution in [1.29, 1.82) is 0 Å². The molecule has 3 rings (SSSR count). The van der Waals surface area contributed by atoms with Gasteiger partial charge in [-0.15, -0.1) is 0 Å². The topological polar surface area (TPSA) is 125 Å². The van der Waals surface area contributed by atoms with Crippen molar-refractivity contribution in [1.82, 2.24) is 10.6 Å². The first-order chi connectivity index (χ1) is 15.8. The number of rotatable bonds is 6. The first-order valence-corrected chi connectivity index (χ1v) is 12.0. The molecule has 1 aromatic rings. The summed E-state index contributed by atoms with van der Waals surface area (Å²) in [6.07, 6.45) is 6.98. The Hall–Kier alpha value is -2.74. The second kappa shape index (κ2) is 11.4. The van der Waals surface area contributed by atoms with Crippen LogP contribution in [0.4, 0.5) is 5.69 Å². The summed E-state index contributed by atoms with van der Waals surface area (Å²) in [6.45, 7) is 5.32. The lowest BCUT2D eigenvalue weighted by Gasteiger charge is -2.26. The van der Waals surface area contributed by atoms with Crippen LogP contribution in [0.3, 0.4) is 0 Å². The Bertz CT molecular complexity index is 898. The highest BCUT2D eigenvalue weighted by Crippen LogP contribution is 2.34. The maximum Gasteiger partial charge on any atom is 0.321 e. The molecule has 0 spiro atoms. The highest BCUT2D eigenvalue weighted by Gasteiger charge is 2.37. The molecule has 0 saturated carbocycles. The van der Waals surface area contributed by atoms with Gasteiger partial charge in [-0.3, -0.25) is 14.4 Å². The molecule has 0 aliphatic carbocycles. The number of fused-ring (bicyclic) bond motifs is 4. The molecule has 8 nitrogen and oxygen atoms in total. The first kappa shape index (κ1) is 24.9. The van der Waals surface area contributed by atoms with Gasteiger partial charge in [0, 0.05) is 24.6 Å². The van der Waals surface area contributed by atoms with E-state index in [1.165, 1.54) is 0 Å². The molecule has 0 radical (unpaired) electrons. The van der Waals surface area contributed by atoms with Crippen LogP contribution in [-0.2, 0) is 14.4 Å². The van der Waals surface area contributed by atoms with Gasteiger partial charge in [0.15, 0.2) is 6.21 Å². The fourth-order valence-corrected chi connectivity index (χ4v) is 4.78. The molecule has 0 aromatic heterocycles. The van der Waals surface area contributed by atoms with E-state index in [-0.39, 0.29) is 17.7 Å². The molecule has 180 valence electrons. The zero-order valence-electron chi connectivity index (χ0n) is 19.6. The summed E-state index contributed by atoms with van der Waals surface area (Å²) in [6, 6.07) is 6.07. The minimum absolute atomic E-state index is 0.0188. The van der Waals surface area contributed by atoms with E-state index in [1.807, 2.05) is 26.0 Å². The lowest BCUT2D eigenvalue weighted by Crippen LogP contribution is -2.53. The zero-order valence-corrected chi connectivity index (χ0v) is 19.6. The fourth-order valence-electron chi connectivity index (χ4n) is 4.78. The van der Waals surface area contributed by atoms with E-state index >= 15 is 0 Å². The maximum atomic E-state index is 13.2. The molecule has 1 aromatic carbocycles. The molecule has 5 N–H and O–H groups in total. The van der Waals surface area contributed by atoms with Gasteiger partial charge in [0.05, 0.1) is 11.8 Å². The smallest absolute Gasteiger partial charge is 0.321 e. The molecule has 0 fully saturated rings. The number of amides is 2. The normalized spacial score (nSPS) is 23.2. The molecule has 2 unspecified atom stereocenters. The maximum absolute atomic E-state index is 13.2. The number of benzene rings is 1. The third-order valence-electron chi connectivity index (χ3n) is 6.53. The summed E-state index contributed by atoms with van der Waals surface area (Å²) in [5.41, 5.74) is 8.15. The molecule has 33 heavy (non-hydrogen) atoms. The number of nitrogens with zero attached hydrogens (tertiary/aromatic N) is 1. The number of nitrogens with one attached hydrogen (secondary N) is 2. The second-order valence-corrected chi connectivity index (χ2v) is 9.61. The van der Waals surface area contributed by atoms with Crippen LogP contribution < -0.4 is 16.4 Å². The van der Waals surface area contributed by atoms with Crippen LogP contribution >= 0.6 is 0 Å². The number of carboxylic acid groups (broad SMARTS) is 1. The molecule has 2 aliphatic heterocycles. The van der Waals surface area contributed by atoms with E-state index < -0.39 is 29.9 Å². The lowest BCUT2D eigenvalue weighted by atomic mass is 9.88. The predicted molar refractivity (Wildman–Crippen MR) is 127 cm³/mol. The van der Waals surface area contributed by atoms with Gasteiger partial charge in [0.2, 0.25) is 17.5 Å². The van der Waals surface area contributed by atoms with E-state index in [9.17, 15) is 19.5 Å². The quantitative estimate of drug-likeness (QED) is 0.487. The number of para-hydroxylation sites is 1. The van der Waals surface area contributed by atoms with Gasteiger partial charge < -0.3 is 21.5 Å². The monoisotopic (exact) mass is 457 g/mol. The van der Waals surface area contributed by atoms with Crippen molar-refractivity contribution in [2.75, 3.05) is 13.1 Å². The number of nitrogens with two attached hydrogens (primary N) is 1. The number of hydrogen-bond donors (Lipinski definition) is 4. The molecule has 8 heteroatoms. The van der Waals surface area contributed by atoms with Crippen molar-refractivity contribution in [3.63, 3.8) is 0 Å². The van der Waals surface area contributed by atoms with Gasteiger partial charge in [0.1, 0.15) is 18.6 Å². The van der Waals surface area contributed by atoms with Crippen LogP contribution in [-0.4, -0.2) is 58.9 Å². The third kappa shape index (κ3) is 6.41. The minimum atomic E-state index is -1.32. The first-order valence-electron chi connectivity index (χ1n) is 12.0. The molecular formula is C25H37N4O4+. The molecular weight excluding hydrogens is 420 g/mol. The Labute approximate surface area is 195 Å². The summed E-state index contributed by atoms with van der Waals surface area (Å²) in [5.74, 6) is -2.77. The molecule has 0 saturated heterocycles.